The molecule has 11 unspecified atom stereocenters. The number of amides is 13. The number of likely N-dealkylation sites (tertiary alicyclic amines) is 1. The summed E-state index contributed by atoms with van der Waals surface area (Å²) in [7, 11) is 0. The van der Waals surface area contributed by atoms with Gasteiger partial charge >= 0.3 is 0 Å². The molecule has 1 aliphatic rings. The monoisotopic (exact) mass is 1240 g/mol. The number of nitrogens with zero attached hydrogens (tertiary/aromatic N) is 1. The summed E-state index contributed by atoms with van der Waals surface area (Å²) in [5.74, 6) is -12.6. The third kappa shape index (κ3) is 25.0. The largest absolute Gasteiger partial charge is 0.394 e. The summed E-state index contributed by atoms with van der Waals surface area (Å²) in [5, 5.41) is 43.3. The van der Waals surface area contributed by atoms with Crippen LogP contribution in [0.3, 0.4) is 0 Å². The van der Waals surface area contributed by atoms with Crippen LogP contribution in [0.25, 0.3) is 0 Å². The first kappa shape index (κ1) is 73.0. The molecule has 0 aliphatic carbocycles. The van der Waals surface area contributed by atoms with Gasteiger partial charge in [-0.25, -0.2) is 0 Å². The van der Waals surface area contributed by atoms with Crippen molar-refractivity contribution in [2.45, 2.75) is 159 Å². The van der Waals surface area contributed by atoms with Crippen molar-refractivity contribution >= 4 is 88.6 Å². The summed E-state index contributed by atoms with van der Waals surface area (Å²) >= 11 is 1.24. The molecule has 11 atom stereocenters. The van der Waals surface area contributed by atoms with Crippen LogP contribution in [0.4, 0.5) is 0 Å². The number of aliphatic hydroxyl groups is 2. The average molecular weight is 1240 g/mol. The lowest BCUT2D eigenvalue weighted by atomic mass is 10.00. The molecule has 0 bridgehead atoms. The Morgan fingerprint density at radius 1 is 0.552 bits per heavy atom. The van der Waals surface area contributed by atoms with Crippen molar-refractivity contribution in [3.63, 3.8) is 0 Å². The van der Waals surface area contributed by atoms with E-state index < -0.39 is 169 Å². The van der Waals surface area contributed by atoms with Crippen molar-refractivity contribution in [2.24, 2.45) is 34.8 Å². The Kier molecular flexibility index (Phi) is 30.8. The van der Waals surface area contributed by atoms with Gasteiger partial charge in [0.05, 0.1) is 32.1 Å². The van der Waals surface area contributed by atoms with Gasteiger partial charge in [-0.3, -0.25) is 62.3 Å². The number of rotatable bonds is 37. The van der Waals surface area contributed by atoms with Crippen LogP contribution in [0.5, 0.6) is 0 Å². The number of nitrogens with one attached hydrogen (secondary N) is 9. The first-order chi connectivity index (χ1) is 41.1. The zero-order valence-corrected chi connectivity index (χ0v) is 50.7. The number of hydrogen-bond donors (Lipinski definition) is 15. The Labute approximate surface area is 509 Å². The zero-order valence-electron chi connectivity index (χ0n) is 49.8. The molecule has 29 nitrogen and oxygen atoms in total. The van der Waals surface area contributed by atoms with Crippen LogP contribution >= 0.6 is 11.8 Å². The van der Waals surface area contributed by atoms with E-state index >= 15 is 0 Å². The Balaban J connectivity index is 1.82. The fraction of sp³-hybridized carbons (Fsp3) is 0.561. The van der Waals surface area contributed by atoms with E-state index in [2.05, 4.69) is 47.9 Å². The minimum absolute atomic E-state index is 0.0296. The molecule has 19 N–H and O–H groups in total. The van der Waals surface area contributed by atoms with Gasteiger partial charge in [-0.15, -0.1) is 0 Å². The molecule has 0 radical (unpaired) electrons. The Bertz CT molecular complexity index is 2710. The molecule has 87 heavy (non-hydrogen) atoms. The van der Waals surface area contributed by atoms with Gasteiger partial charge in [0.1, 0.15) is 60.4 Å². The molecule has 0 saturated carbocycles. The van der Waals surface area contributed by atoms with E-state index in [1.165, 1.54) is 18.7 Å². The van der Waals surface area contributed by atoms with Crippen LogP contribution in [-0.4, -0.2) is 190 Å². The highest BCUT2D eigenvalue weighted by molar-refractivity contribution is 7.98. The topological polar surface area (TPSA) is 478 Å². The second-order valence-corrected chi connectivity index (χ2v) is 23.0. The molecule has 0 aromatic heterocycles. The van der Waals surface area contributed by atoms with E-state index in [-0.39, 0.29) is 69.1 Å². The number of nitrogens with two attached hydrogens (primary N) is 4. The lowest BCUT2D eigenvalue weighted by Crippen LogP contribution is -2.62. The lowest BCUT2D eigenvalue weighted by molar-refractivity contribution is -0.145. The summed E-state index contributed by atoms with van der Waals surface area (Å²) in [6, 6.07) is 2.41. The van der Waals surface area contributed by atoms with Gasteiger partial charge in [0, 0.05) is 19.4 Å². The number of benzene rings is 2. The zero-order chi connectivity index (χ0) is 65.1. The van der Waals surface area contributed by atoms with Crippen molar-refractivity contribution < 1.29 is 72.5 Å². The van der Waals surface area contributed by atoms with Gasteiger partial charge in [-0.2, -0.15) is 11.8 Å². The maximum Gasteiger partial charge on any atom is 0.248 e. The van der Waals surface area contributed by atoms with E-state index in [4.69, 9.17) is 22.9 Å². The number of hydrogen-bond acceptors (Lipinski definition) is 17. The molecule has 1 saturated heterocycles. The van der Waals surface area contributed by atoms with Crippen molar-refractivity contribution in [1.29, 1.82) is 0 Å². The normalized spacial score (nSPS) is 16.4. The molecule has 13 amide bonds. The summed E-state index contributed by atoms with van der Waals surface area (Å²) in [6.07, 6.45) is -1.29. The van der Waals surface area contributed by atoms with Crippen LogP contribution in [0, 0.1) is 11.8 Å². The fourth-order valence-electron chi connectivity index (χ4n) is 9.34. The highest BCUT2D eigenvalue weighted by atomic mass is 32.2. The molecular formula is C57H86N14O15S. The molecular weight excluding hydrogens is 1150 g/mol. The highest BCUT2D eigenvalue weighted by Crippen LogP contribution is 2.21. The van der Waals surface area contributed by atoms with Crippen LogP contribution in [0.15, 0.2) is 60.7 Å². The van der Waals surface area contributed by atoms with E-state index in [1.54, 1.807) is 94.6 Å². The maximum absolute atomic E-state index is 14.1. The summed E-state index contributed by atoms with van der Waals surface area (Å²) in [5.41, 5.74) is 23.4. The van der Waals surface area contributed by atoms with Crippen molar-refractivity contribution in [1.82, 2.24) is 52.8 Å². The SMILES string of the molecule is CSCCC(NC(=O)C(CC(N)=O)NC(=O)C1CCCN1C(=O)C(NC(=O)C(CC(C)C)NC(=O)CN)C(C)O)C(=O)NC(CC(N)=O)C(=O)NC(CO)C(=O)NC(CC(C)C)C(=O)NC(Cc1ccccc1)C(=O)NC(Cc1ccccc1)C(N)=O. The van der Waals surface area contributed by atoms with E-state index in [1.807, 2.05) is 0 Å². The van der Waals surface area contributed by atoms with E-state index in [9.17, 15) is 72.5 Å². The highest BCUT2D eigenvalue weighted by Gasteiger charge is 2.42. The maximum atomic E-state index is 14.1. The predicted molar refractivity (Wildman–Crippen MR) is 319 cm³/mol. The van der Waals surface area contributed by atoms with Gasteiger partial charge in [-0.1, -0.05) is 88.4 Å². The third-order valence-corrected chi connectivity index (χ3v) is 14.4. The van der Waals surface area contributed by atoms with Crippen LogP contribution in [0.2, 0.25) is 0 Å². The van der Waals surface area contributed by atoms with Gasteiger partial charge in [-0.05, 0) is 74.0 Å². The summed E-state index contributed by atoms with van der Waals surface area (Å²) in [6.45, 7) is 6.76. The van der Waals surface area contributed by atoms with E-state index in [0.29, 0.717) is 11.1 Å². The third-order valence-electron chi connectivity index (χ3n) is 13.8. The smallest absolute Gasteiger partial charge is 0.248 e. The Hall–Kier alpha value is -8.22. The molecule has 2 aromatic carbocycles. The summed E-state index contributed by atoms with van der Waals surface area (Å²) < 4.78 is 0. The van der Waals surface area contributed by atoms with Crippen molar-refractivity contribution in [3.05, 3.63) is 71.8 Å². The van der Waals surface area contributed by atoms with Crippen LogP contribution in [0.1, 0.15) is 90.7 Å². The van der Waals surface area contributed by atoms with Gasteiger partial charge in [0.25, 0.3) is 0 Å². The Morgan fingerprint density at radius 3 is 1.45 bits per heavy atom. The van der Waals surface area contributed by atoms with Gasteiger partial charge < -0.3 is 85.9 Å². The molecule has 30 heteroatoms. The predicted octanol–water partition coefficient (Wildman–Crippen LogP) is -4.76. The van der Waals surface area contributed by atoms with Crippen LogP contribution < -0.4 is 70.8 Å². The van der Waals surface area contributed by atoms with Gasteiger partial charge in [0.15, 0.2) is 0 Å². The van der Waals surface area contributed by atoms with Crippen LogP contribution in [-0.2, 0) is 75.2 Å². The minimum Gasteiger partial charge on any atom is -0.394 e. The first-order valence-electron chi connectivity index (χ1n) is 28.5. The van der Waals surface area contributed by atoms with Gasteiger partial charge in [0.2, 0.25) is 76.8 Å². The first-order valence-corrected chi connectivity index (χ1v) is 29.9. The van der Waals surface area contributed by atoms with Crippen molar-refractivity contribution in [2.75, 3.05) is 31.7 Å². The standard InChI is InChI=1S/C57H86N14O15S/c1-30(2)22-37(62-46(76)28-58)54(83)70-47(32(5)73)57(86)71-20-13-18-43(71)56(85)68-41(27-45(60)75)52(81)63-35(19-21-87-6)49(78)67-40(26-44(59)74)53(82)69-42(29-72)55(84)65-38(23-31(3)4)50(79)66-39(25-34-16-11-8-12-17-34)51(80)64-36(48(61)77)24-33-14-9-7-10-15-33/h7-12,14-17,30-32,35-43,47,72-73H,13,18-29,58H2,1-6H3,(H2,59,74)(H2,60,75)(H2,61,77)(H,62,76)(H,63,81)(H,64,80)(H,65,84)(H,66,79)(H,67,78)(H,68,85)(H,69,82)(H,70,83). The lowest BCUT2D eigenvalue weighted by Gasteiger charge is -2.32. The number of carbonyl (C=O) groups excluding carboxylic acids is 13. The minimum atomic E-state index is -1.86. The number of carbonyl (C=O) groups is 13. The Morgan fingerprint density at radius 2 is 0.966 bits per heavy atom. The average Bonchev–Trinajstić information content (AvgIpc) is 3.05. The van der Waals surface area contributed by atoms with E-state index in [0.717, 1.165) is 4.90 Å². The number of aliphatic hydroxyl groups excluding tert-OH is 2. The molecule has 0 spiro atoms. The number of thioether (sulfide) groups is 1. The quantitative estimate of drug-likeness (QED) is 0.0302. The number of primary amides is 3. The molecule has 1 aliphatic heterocycles. The molecule has 2 aromatic rings. The molecule has 1 fully saturated rings. The molecule has 3 rings (SSSR count). The molecule has 1 heterocycles. The van der Waals surface area contributed by atoms with Crippen molar-refractivity contribution in [3.8, 4) is 0 Å². The second-order valence-electron chi connectivity index (χ2n) is 22.0. The summed E-state index contributed by atoms with van der Waals surface area (Å²) in [4.78, 5) is 176. The second kappa shape index (κ2) is 36.7. The fourth-order valence-corrected chi connectivity index (χ4v) is 9.81. The molecule has 480 valence electrons.